The summed E-state index contributed by atoms with van der Waals surface area (Å²) >= 11 is 0. The van der Waals surface area contributed by atoms with Crippen LogP contribution in [0.3, 0.4) is 0 Å². The number of hydrogen-bond donors (Lipinski definition) is 0. The van der Waals surface area contributed by atoms with Crippen molar-refractivity contribution in [2.75, 3.05) is 0 Å². The second-order valence-electron chi connectivity index (χ2n) is 4.14. The average molecular weight is 206 g/mol. The number of aryl methyl sites for hydroxylation is 1. The van der Waals surface area contributed by atoms with Crippen LogP contribution in [0, 0.1) is 5.92 Å². The molecule has 1 aromatic carbocycles. The first kappa shape index (κ1) is 13.9. The van der Waals surface area contributed by atoms with E-state index in [0.29, 0.717) is 5.92 Å². The maximum atomic E-state index is 10.3. The maximum absolute atomic E-state index is 10.3. The van der Waals surface area contributed by atoms with Crippen molar-refractivity contribution in [1.82, 2.24) is 0 Å². The van der Waals surface area contributed by atoms with Crippen molar-refractivity contribution in [1.29, 1.82) is 0 Å². The normalized spacial score (nSPS) is 9.40. The fourth-order valence-corrected chi connectivity index (χ4v) is 1.29. The maximum Gasteiger partial charge on any atom is 0.130 e. The Morgan fingerprint density at radius 3 is 1.93 bits per heavy atom. The van der Waals surface area contributed by atoms with E-state index in [9.17, 15) is 4.79 Å². The van der Waals surface area contributed by atoms with Gasteiger partial charge in [0.05, 0.1) is 0 Å². The number of carbonyl (C=O) groups excluding carboxylic acids is 1. The molecule has 1 heteroatoms. The van der Waals surface area contributed by atoms with Crippen LogP contribution in [-0.2, 0) is 11.2 Å². The van der Waals surface area contributed by atoms with Gasteiger partial charge < -0.3 is 4.79 Å². The Bertz CT molecular complexity index is 262. The third kappa shape index (κ3) is 9.20. The molecule has 0 spiro atoms. The Kier molecular flexibility index (Phi) is 7.61. The highest BCUT2D eigenvalue weighted by atomic mass is 16.1. The Balaban J connectivity index is 0.000000265. The number of Topliss-reactive ketones (excluding diaryl/α,β-unsaturated/α-hetero) is 1. The Hall–Kier alpha value is -1.11. The zero-order valence-electron chi connectivity index (χ0n) is 10.3. The van der Waals surface area contributed by atoms with Gasteiger partial charge in [-0.15, -0.1) is 0 Å². The highest BCUT2D eigenvalue weighted by Crippen LogP contribution is 1.98. The van der Waals surface area contributed by atoms with Crippen molar-refractivity contribution in [3.8, 4) is 0 Å². The Labute approximate surface area is 93.5 Å². The van der Waals surface area contributed by atoms with E-state index >= 15 is 0 Å². The van der Waals surface area contributed by atoms with Crippen molar-refractivity contribution in [3.05, 3.63) is 35.9 Å². The van der Waals surface area contributed by atoms with Gasteiger partial charge in [0.15, 0.2) is 0 Å². The van der Waals surface area contributed by atoms with Crippen LogP contribution in [-0.4, -0.2) is 5.78 Å². The van der Waals surface area contributed by atoms with Crippen LogP contribution >= 0.6 is 0 Å². The standard InChI is InChI=1S/C8H10.C6H12O/c1-2-8-6-4-3-5-7-8;1-5(2)4-6(3)7/h3-7H,2H2,1H3;5H,4H2,1-3H3. The van der Waals surface area contributed by atoms with Gasteiger partial charge in [-0.25, -0.2) is 0 Å². The van der Waals surface area contributed by atoms with E-state index in [-0.39, 0.29) is 5.78 Å². The van der Waals surface area contributed by atoms with Crippen LogP contribution in [0.4, 0.5) is 0 Å². The van der Waals surface area contributed by atoms with Gasteiger partial charge >= 0.3 is 0 Å². The molecule has 1 nitrogen and oxygen atoms in total. The Morgan fingerprint density at radius 2 is 1.73 bits per heavy atom. The number of rotatable bonds is 3. The van der Waals surface area contributed by atoms with Crippen LogP contribution in [0.1, 0.15) is 39.7 Å². The number of carbonyl (C=O) groups is 1. The summed E-state index contributed by atoms with van der Waals surface area (Å²) in [4.78, 5) is 10.3. The van der Waals surface area contributed by atoms with E-state index in [1.165, 1.54) is 5.56 Å². The van der Waals surface area contributed by atoms with Crippen molar-refractivity contribution in [2.24, 2.45) is 5.92 Å². The molecule has 0 aliphatic rings. The van der Waals surface area contributed by atoms with E-state index in [1.807, 2.05) is 19.9 Å². The molecule has 0 aliphatic heterocycles. The third-order valence-electron chi connectivity index (χ3n) is 1.95. The van der Waals surface area contributed by atoms with Gasteiger partial charge in [-0.2, -0.15) is 0 Å². The first-order valence-electron chi connectivity index (χ1n) is 5.59. The van der Waals surface area contributed by atoms with Gasteiger partial charge in [0.25, 0.3) is 0 Å². The predicted molar refractivity (Wildman–Crippen MR) is 66.0 cm³/mol. The number of hydrogen-bond acceptors (Lipinski definition) is 1. The molecule has 0 radical (unpaired) electrons. The molecule has 0 aliphatic carbocycles. The second-order valence-corrected chi connectivity index (χ2v) is 4.14. The minimum Gasteiger partial charge on any atom is -0.300 e. The molecular weight excluding hydrogens is 184 g/mol. The fourth-order valence-electron chi connectivity index (χ4n) is 1.29. The molecule has 0 saturated carbocycles. The van der Waals surface area contributed by atoms with Crippen LogP contribution in [0.15, 0.2) is 30.3 Å². The average Bonchev–Trinajstić information content (AvgIpc) is 2.18. The first-order valence-corrected chi connectivity index (χ1v) is 5.59. The molecule has 0 amide bonds. The summed E-state index contributed by atoms with van der Waals surface area (Å²) in [5.74, 6) is 0.813. The molecule has 1 rings (SSSR count). The molecular formula is C14H22O. The summed E-state index contributed by atoms with van der Waals surface area (Å²) in [5, 5.41) is 0. The largest absolute Gasteiger partial charge is 0.300 e. The summed E-state index contributed by atoms with van der Waals surface area (Å²) in [6, 6.07) is 10.5. The van der Waals surface area contributed by atoms with Crippen molar-refractivity contribution >= 4 is 5.78 Å². The van der Waals surface area contributed by atoms with Gasteiger partial charge in [0.1, 0.15) is 5.78 Å². The number of ketones is 1. The van der Waals surface area contributed by atoms with Gasteiger partial charge in [0, 0.05) is 6.42 Å². The van der Waals surface area contributed by atoms with Crippen LogP contribution in [0.25, 0.3) is 0 Å². The van der Waals surface area contributed by atoms with Crippen LogP contribution in [0.5, 0.6) is 0 Å². The van der Waals surface area contributed by atoms with Gasteiger partial charge in [-0.1, -0.05) is 51.1 Å². The van der Waals surface area contributed by atoms with E-state index in [4.69, 9.17) is 0 Å². The summed E-state index contributed by atoms with van der Waals surface area (Å²) in [6.45, 7) is 7.87. The lowest BCUT2D eigenvalue weighted by Gasteiger charge is -1.95. The lowest BCUT2D eigenvalue weighted by atomic mass is 10.1. The highest BCUT2D eigenvalue weighted by Gasteiger charge is 1.95. The van der Waals surface area contributed by atoms with Gasteiger partial charge in [-0.3, -0.25) is 0 Å². The van der Waals surface area contributed by atoms with Crippen molar-refractivity contribution < 1.29 is 4.79 Å². The minimum atomic E-state index is 0.287. The van der Waals surface area contributed by atoms with Gasteiger partial charge in [-0.05, 0) is 24.8 Å². The summed E-state index contributed by atoms with van der Waals surface area (Å²) in [7, 11) is 0. The molecule has 0 bridgehead atoms. The van der Waals surface area contributed by atoms with E-state index in [0.717, 1.165) is 12.8 Å². The third-order valence-corrected chi connectivity index (χ3v) is 1.95. The highest BCUT2D eigenvalue weighted by molar-refractivity contribution is 5.75. The zero-order chi connectivity index (χ0) is 11.7. The molecule has 0 unspecified atom stereocenters. The first-order chi connectivity index (χ1) is 7.06. The lowest BCUT2D eigenvalue weighted by molar-refractivity contribution is -0.117. The van der Waals surface area contributed by atoms with Crippen molar-refractivity contribution in [3.63, 3.8) is 0 Å². The van der Waals surface area contributed by atoms with E-state index < -0.39 is 0 Å². The lowest BCUT2D eigenvalue weighted by Crippen LogP contribution is -1.95. The molecule has 0 saturated heterocycles. The molecule has 1 aromatic rings. The van der Waals surface area contributed by atoms with Crippen molar-refractivity contribution in [2.45, 2.75) is 40.5 Å². The fraction of sp³-hybridized carbons (Fsp3) is 0.500. The summed E-state index contributed by atoms with van der Waals surface area (Å²) in [6.07, 6.45) is 1.86. The molecule has 84 valence electrons. The molecule has 15 heavy (non-hydrogen) atoms. The predicted octanol–water partition coefficient (Wildman–Crippen LogP) is 3.87. The summed E-state index contributed by atoms with van der Waals surface area (Å²) < 4.78 is 0. The Morgan fingerprint density at radius 1 is 1.20 bits per heavy atom. The minimum absolute atomic E-state index is 0.287. The van der Waals surface area contributed by atoms with E-state index in [2.05, 4.69) is 31.2 Å². The molecule has 0 aromatic heterocycles. The second kappa shape index (κ2) is 8.22. The van der Waals surface area contributed by atoms with Gasteiger partial charge in [0.2, 0.25) is 0 Å². The molecule has 0 N–H and O–H groups in total. The number of benzene rings is 1. The van der Waals surface area contributed by atoms with Crippen LogP contribution in [0.2, 0.25) is 0 Å². The monoisotopic (exact) mass is 206 g/mol. The SMILES string of the molecule is CC(=O)CC(C)C.CCc1ccccc1. The van der Waals surface area contributed by atoms with E-state index in [1.54, 1.807) is 6.92 Å². The van der Waals surface area contributed by atoms with Crippen LogP contribution < -0.4 is 0 Å². The molecule has 0 heterocycles. The zero-order valence-corrected chi connectivity index (χ0v) is 10.3. The molecule has 0 fully saturated rings. The molecule has 0 atom stereocenters. The quantitative estimate of drug-likeness (QED) is 0.733. The topological polar surface area (TPSA) is 17.1 Å². The smallest absolute Gasteiger partial charge is 0.130 e. The summed E-state index contributed by atoms with van der Waals surface area (Å²) in [5.41, 5.74) is 1.41.